The molecule has 0 bridgehead atoms. The predicted octanol–water partition coefficient (Wildman–Crippen LogP) is 1.30. The summed E-state index contributed by atoms with van der Waals surface area (Å²) in [5.41, 5.74) is 1.47. The lowest BCUT2D eigenvalue weighted by Gasteiger charge is -2.30. The van der Waals surface area contributed by atoms with Crippen LogP contribution >= 0.6 is 11.3 Å². The third kappa shape index (κ3) is 4.37. The van der Waals surface area contributed by atoms with Crippen LogP contribution in [0.2, 0.25) is 0 Å². The van der Waals surface area contributed by atoms with Crippen LogP contribution in [-0.4, -0.2) is 44.2 Å². The second kappa shape index (κ2) is 8.21. The van der Waals surface area contributed by atoms with Crippen LogP contribution < -0.4 is 15.1 Å². The number of carbonyl (C=O) groups excluding carboxylic acids is 2. The normalized spacial score (nSPS) is 20.2. The summed E-state index contributed by atoms with van der Waals surface area (Å²) < 4.78 is 5.80. The van der Waals surface area contributed by atoms with Gasteiger partial charge in [0.2, 0.25) is 5.91 Å². The van der Waals surface area contributed by atoms with E-state index in [1.807, 2.05) is 30.3 Å². The Bertz CT molecular complexity index is 803. The van der Waals surface area contributed by atoms with Gasteiger partial charge in [0.1, 0.15) is 25.7 Å². The summed E-state index contributed by atoms with van der Waals surface area (Å²) in [4.78, 5) is 29.2. The van der Waals surface area contributed by atoms with Crippen molar-refractivity contribution in [1.82, 2.24) is 0 Å². The number of benzene rings is 1. The number of carbonyl (C=O) groups is 2. The maximum absolute atomic E-state index is 13.1. The fourth-order valence-electron chi connectivity index (χ4n) is 3.76. The van der Waals surface area contributed by atoms with Crippen LogP contribution in [0.5, 0.6) is 0 Å². The molecule has 3 heterocycles. The van der Waals surface area contributed by atoms with E-state index < -0.39 is 0 Å². The topological polar surface area (TPSA) is 63.1 Å². The van der Waals surface area contributed by atoms with Gasteiger partial charge in [0.25, 0.3) is 5.91 Å². The maximum atomic E-state index is 13.1. The minimum Gasteiger partial charge on any atom is -0.372 e. The molecule has 2 aliphatic rings. The molecule has 1 aromatic carbocycles. The van der Waals surface area contributed by atoms with E-state index >= 15 is 0 Å². The molecule has 1 fully saturated rings. The predicted molar refractivity (Wildman–Crippen MR) is 105 cm³/mol. The lowest BCUT2D eigenvalue weighted by atomic mass is 10.2. The van der Waals surface area contributed by atoms with Gasteiger partial charge in [-0.2, -0.15) is 0 Å². The maximum Gasteiger partial charge on any atom is 0.282 e. The summed E-state index contributed by atoms with van der Waals surface area (Å²) in [6.45, 7) is 2.84. The fraction of sp³-hybridized carbons (Fsp3) is 0.400. The first-order valence-electron chi connectivity index (χ1n) is 9.36. The van der Waals surface area contributed by atoms with E-state index in [-0.39, 0.29) is 24.5 Å². The van der Waals surface area contributed by atoms with Gasteiger partial charge in [-0.3, -0.25) is 14.5 Å². The molecule has 2 amide bonds. The van der Waals surface area contributed by atoms with Crippen LogP contribution in [0.3, 0.4) is 0 Å². The van der Waals surface area contributed by atoms with E-state index in [0.717, 1.165) is 38.2 Å². The Kier molecular flexibility index (Phi) is 5.52. The Hall–Kier alpha value is -2.22. The van der Waals surface area contributed by atoms with Crippen molar-refractivity contribution in [2.45, 2.75) is 25.5 Å². The quantitative estimate of drug-likeness (QED) is 0.787. The van der Waals surface area contributed by atoms with Crippen molar-refractivity contribution >= 4 is 34.5 Å². The van der Waals surface area contributed by atoms with Crippen LogP contribution in [0, 0.1) is 0 Å². The van der Waals surface area contributed by atoms with Crippen LogP contribution in [0.1, 0.15) is 17.7 Å². The van der Waals surface area contributed by atoms with Crippen LogP contribution in [0.25, 0.3) is 0 Å². The minimum absolute atomic E-state index is 0.0261. The van der Waals surface area contributed by atoms with Crippen molar-refractivity contribution in [1.29, 1.82) is 0 Å². The highest BCUT2D eigenvalue weighted by atomic mass is 32.1. The highest BCUT2D eigenvalue weighted by Gasteiger charge is 2.30. The summed E-state index contributed by atoms with van der Waals surface area (Å²) in [5, 5.41) is 4.90. The molecule has 1 saturated heterocycles. The summed E-state index contributed by atoms with van der Waals surface area (Å²) in [6, 6.07) is 11.6. The number of amides is 2. The van der Waals surface area contributed by atoms with Crippen molar-refractivity contribution in [3.8, 4) is 0 Å². The van der Waals surface area contributed by atoms with Gasteiger partial charge in [-0.05, 0) is 36.4 Å². The highest BCUT2D eigenvalue weighted by Crippen LogP contribution is 2.28. The van der Waals surface area contributed by atoms with Crippen LogP contribution in [0.15, 0.2) is 41.8 Å². The van der Waals surface area contributed by atoms with Gasteiger partial charge < -0.3 is 15.0 Å². The molecule has 142 valence electrons. The molecule has 1 unspecified atom stereocenters. The highest BCUT2D eigenvalue weighted by molar-refractivity contribution is 7.09. The van der Waals surface area contributed by atoms with E-state index in [9.17, 15) is 9.59 Å². The standard InChI is InChI=1S/C20H23N3O3S/c24-19-13-23(18-8-2-1-7-17(18)21-19)20(25)14-22(11-15-5-3-9-26-15)12-16-6-4-10-27-16/h1-2,4,6-8,10,15H,3,5,9,11-14H2,(H,21,24)/p+1/t15-/m0/s1. The van der Waals surface area contributed by atoms with Crippen LogP contribution in [0.4, 0.5) is 11.4 Å². The number of hydrogen-bond donors (Lipinski definition) is 2. The average Bonchev–Trinajstić information content (AvgIpc) is 3.35. The number of rotatable bonds is 6. The lowest BCUT2D eigenvalue weighted by Crippen LogP contribution is -3.13. The molecule has 7 heteroatoms. The number of fused-ring (bicyclic) bond motifs is 1. The number of quaternary nitrogens is 1. The molecule has 1 aromatic heterocycles. The summed E-state index contributed by atoms with van der Waals surface area (Å²) in [7, 11) is 0. The first kappa shape index (κ1) is 18.2. The molecule has 2 atom stereocenters. The first-order valence-corrected chi connectivity index (χ1v) is 10.2. The number of nitrogens with zero attached hydrogens (tertiary/aromatic N) is 1. The summed E-state index contributed by atoms with van der Waals surface area (Å²) in [5.74, 6) is -0.178. The molecular weight excluding hydrogens is 362 g/mol. The minimum atomic E-state index is -0.152. The van der Waals surface area contributed by atoms with E-state index in [1.165, 1.54) is 9.78 Å². The van der Waals surface area contributed by atoms with Crippen molar-refractivity contribution in [3.05, 3.63) is 46.7 Å². The third-order valence-electron chi connectivity index (χ3n) is 5.02. The van der Waals surface area contributed by atoms with Gasteiger partial charge in [0.15, 0.2) is 6.54 Å². The number of ether oxygens (including phenoxy) is 1. The molecule has 2 aliphatic heterocycles. The van der Waals surface area contributed by atoms with Gasteiger partial charge in [-0.15, -0.1) is 11.3 Å². The zero-order valence-electron chi connectivity index (χ0n) is 15.1. The fourth-order valence-corrected chi connectivity index (χ4v) is 4.54. The number of para-hydroxylation sites is 2. The monoisotopic (exact) mass is 386 g/mol. The Morgan fingerprint density at radius 2 is 2.19 bits per heavy atom. The zero-order chi connectivity index (χ0) is 18.6. The van der Waals surface area contributed by atoms with Crippen molar-refractivity contribution in [3.63, 3.8) is 0 Å². The van der Waals surface area contributed by atoms with Gasteiger partial charge in [0.05, 0.1) is 16.3 Å². The second-order valence-electron chi connectivity index (χ2n) is 7.07. The van der Waals surface area contributed by atoms with Crippen LogP contribution in [-0.2, 0) is 20.9 Å². The molecule has 0 saturated carbocycles. The van der Waals surface area contributed by atoms with Crippen molar-refractivity contribution < 1.29 is 19.2 Å². The van der Waals surface area contributed by atoms with Gasteiger partial charge in [-0.1, -0.05) is 18.2 Å². The molecule has 6 nitrogen and oxygen atoms in total. The molecule has 0 radical (unpaired) electrons. The Morgan fingerprint density at radius 1 is 1.30 bits per heavy atom. The number of anilines is 2. The van der Waals surface area contributed by atoms with E-state index in [1.54, 1.807) is 16.2 Å². The SMILES string of the molecule is O=C1CN(C(=O)C[NH+](Cc2cccs2)C[C@@H]2CCCO2)c2ccccc2N1. The Balaban J connectivity index is 1.49. The molecule has 27 heavy (non-hydrogen) atoms. The van der Waals surface area contributed by atoms with Crippen molar-refractivity contribution in [2.75, 3.05) is 36.5 Å². The average molecular weight is 386 g/mol. The number of nitrogens with one attached hydrogen (secondary N) is 2. The first-order chi connectivity index (χ1) is 13.2. The number of thiophene rings is 1. The summed E-state index contributed by atoms with van der Waals surface area (Å²) >= 11 is 1.71. The second-order valence-corrected chi connectivity index (χ2v) is 8.10. The molecule has 2 N–H and O–H groups in total. The van der Waals surface area contributed by atoms with E-state index in [0.29, 0.717) is 12.2 Å². The molecular formula is C20H24N3O3S+. The molecule has 0 spiro atoms. The van der Waals surface area contributed by atoms with E-state index in [4.69, 9.17) is 4.74 Å². The largest absolute Gasteiger partial charge is 0.372 e. The zero-order valence-corrected chi connectivity index (χ0v) is 16.0. The summed E-state index contributed by atoms with van der Waals surface area (Å²) in [6.07, 6.45) is 2.35. The molecule has 2 aromatic rings. The van der Waals surface area contributed by atoms with Crippen molar-refractivity contribution in [2.24, 2.45) is 0 Å². The molecule has 4 rings (SSSR count). The number of hydrogen-bond acceptors (Lipinski definition) is 4. The molecule has 0 aliphatic carbocycles. The third-order valence-corrected chi connectivity index (χ3v) is 5.89. The Labute approximate surface area is 162 Å². The van der Waals surface area contributed by atoms with Gasteiger partial charge >= 0.3 is 0 Å². The van der Waals surface area contributed by atoms with Gasteiger partial charge in [-0.25, -0.2) is 0 Å². The van der Waals surface area contributed by atoms with E-state index in [2.05, 4.69) is 16.8 Å². The Morgan fingerprint density at radius 3 is 2.96 bits per heavy atom. The smallest absolute Gasteiger partial charge is 0.282 e. The lowest BCUT2D eigenvalue weighted by molar-refractivity contribution is -0.908. The van der Waals surface area contributed by atoms with Gasteiger partial charge in [0, 0.05) is 6.61 Å².